The fourth-order valence-electron chi connectivity index (χ4n) is 4.66. The summed E-state index contributed by atoms with van der Waals surface area (Å²) >= 11 is 0. The van der Waals surface area contributed by atoms with Gasteiger partial charge in [0.2, 0.25) is 5.91 Å². The van der Waals surface area contributed by atoms with Crippen molar-refractivity contribution in [3.05, 3.63) is 29.8 Å². The number of likely N-dealkylation sites (tertiary alicyclic amines) is 1. The van der Waals surface area contributed by atoms with Gasteiger partial charge >= 0.3 is 18.0 Å². The van der Waals surface area contributed by atoms with Crippen LogP contribution in [0.4, 0.5) is 4.79 Å². The minimum Gasteiger partial charge on any atom is -0.482 e. The smallest absolute Gasteiger partial charge is 0.409 e. The summed E-state index contributed by atoms with van der Waals surface area (Å²) < 4.78 is 20.6. The molecule has 12 nitrogen and oxygen atoms in total. The fraction of sp³-hybridized carbons (Fsp3) is 0.621. The largest absolute Gasteiger partial charge is 0.482 e. The Kier molecular flexibility index (Phi) is 12.4. The quantitative estimate of drug-likeness (QED) is 0.196. The summed E-state index contributed by atoms with van der Waals surface area (Å²) in [6, 6.07) is 6.63. The first-order valence-electron chi connectivity index (χ1n) is 14.2. The van der Waals surface area contributed by atoms with Crippen LogP contribution in [-0.4, -0.2) is 116 Å². The molecular weight excluding hydrogens is 534 g/mol. The summed E-state index contributed by atoms with van der Waals surface area (Å²) in [5.74, 6) is -0.651. The van der Waals surface area contributed by atoms with E-state index in [1.807, 2.05) is 6.92 Å². The molecule has 2 amide bonds. The molecule has 0 N–H and O–H groups in total. The van der Waals surface area contributed by atoms with Gasteiger partial charge in [0.25, 0.3) is 0 Å². The molecule has 1 aromatic rings. The van der Waals surface area contributed by atoms with Gasteiger partial charge in [-0.15, -0.1) is 0 Å². The van der Waals surface area contributed by atoms with E-state index in [9.17, 15) is 24.0 Å². The van der Waals surface area contributed by atoms with Crippen LogP contribution in [0.25, 0.3) is 0 Å². The normalized spacial score (nSPS) is 17.1. The third-order valence-corrected chi connectivity index (χ3v) is 7.07. The van der Waals surface area contributed by atoms with Crippen LogP contribution in [0.1, 0.15) is 50.4 Å². The average molecular weight is 576 g/mol. The topological polar surface area (TPSA) is 132 Å². The Morgan fingerprint density at radius 1 is 0.902 bits per heavy atom. The number of rotatable bonds is 13. The number of nitrogens with zero attached hydrogens (tertiary/aromatic N) is 3. The number of ether oxygens (including phenoxy) is 4. The number of hydrogen-bond donors (Lipinski definition) is 0. The van der Waals surface area contributed by atoms with Gasteiger partial charge in [0.05, 0.1) is 32.9 Å². The highest BCUT2D eigenvalue weighted by Gasteiger charge is 2.33. The molecule has 2 fully saturated rings. The van der Waals surface area contributed by atoms with Gasteiger partial charge in [-0.25, -0.2) is 9.59 Å². The highest BCUT2D eigenvalue weighted by atomic mass is 16.6. The molecule has 2 saturated heterocycles. The van der Waals surface area contributed by atoms with E-state index < -0.39 is 5.97 Å². The molecule has 2 aliphatic rings. The molecule has 0 aromatic heterocycles. The van der Waals surface area contributed by atoms with Gasteiger partial charge in [-0.2, -0.15) is 0 Å². The zero-order chi connectivity index (χ0) is 29.8. The summed E-state index contributed by atoms with van der Waals surface area (Å²) in [7, 11) is 0. The summed E-state index contributed by atoms with van der Waals surface area (Å²) in [6.45, 7) is 8.17. The van der Waals surface area contributed by atoms with Crippen LogP contribution in [0.15, 0.2) is 24.3 Å². The molecule has 1 unspecified atom stereocenters. The maximum atomic E-state index is 12.9. The maximum absolute atomic E-state index is 12.9. The number of amides is 2. The second kappa shape index (κ2) is 15.9. The molecule has 0 saturated carbocycles. The van der Waals surface area contributed by atoms with Crippen LogP contribution in [0, 0.1) is 5.92 Å². The van der Waals surface area contributed by atoms with Gasteiger partial charge < -0.3 is 28.7 Å². The molecule has 226 valence electrons. The highest BCUT2D eigenvalue weighted by Crippen LogP contribution is 2.20. The van der Waals surface area contributed by atoms with E-state index in [1.165, 1.54) is 0 Å². The van der Waals surface area contributed by atoms with Crippen molar-refractivity contribution in [3.8, 4) is 5.75 Å². The Morgan fingerprint density at radius 2 is 1.59 bits per heavy atom. The van der Waals surface area contributed by atoms with Crippen LogP contribution < -0.4 is 4.74 Å². The third-order valence-electron chi connectivity index (χ3n) is 7.07. The fourth-order valence-corrected chi connectivity index (χ4v) is 4.66. The minimum atomic E-state index is -0.465. The second-order valence-electron chi connectivity index (χ2n) is 10.3. The molecule has 0 bridgehead atoms. The Bertz CT molecular complexity index is 1050. The van der Waals surface area contributed by atoms with Crippen LogP contribution in [-0.2, 0) is 28.6 Å². The minimum absolute atomic E-state index is 0.00391. The number of esters is 2. The number of benzene rings is 1. The highest BCUT2D eigenvalue weighted by molar-refractivity contribution is 5.99. The first-order chi connectivity index (χ1) is 19.7. The van der Waals surface area contributed by atoms with E-state index in [0.717, 1.165) is 12.8 Å². The van der Waals surface area contributed by atoms with Crippen LogP contribution in [0.5, 0.6) is 5.75 Å². The van der Waals surface area contributed by atoms with Gasteiger partial charge in [-0.3, -0.25) is 19.3 Å². The molecule has 41 heavy (non-hydrogen) atoms. The van der Waals surface area contributed by atoms with E-state index in [4.69, 9.17) is 18.9 Å². The monoisotopic (exact) mass is 575 g/mol. The molecular formula is C29H41N3O9. The molecule has 1 atom stereocenters. The van der Waals surface area contributed by atoms with E-state index in [0.29, 0.717) is 43.9 Å². The van der Waals surface area contributed by atoms with Gasteiger partial charge in [-0.05, 0) is 44.0 Å². The van der Waals surface area contributed by atoms with E-state index in [2.05, 4.69) is 4.90 Å². The zero-order valence-corrected chi connectivity index (χ0v) is 24.2. The molecule has 0 aliphatic carbocycles. The number of Topliss-reactive ketones (excluding diaryl/α,β-unsaturated/α-hetero) is 1. The van der Waals surface area contributed by atoms with E-state index >= 15 is 0 Å². The number of piperidine rings is 1. The van der Waals surface area contributed by atoms with Crippen molar-refractivity contribution in [2.75, 3.05) is 65.7 Å². The van der Waals surface area contributed by atoms with Crippen molar-refractivity contribution >= 4 is 29.7 Å². The van der Waals surface area contributed by atoms with Crippen molar-refractivity contribution in [3.63, 3.8) is 0 Å². The van der Waals surface area contributed by atoms with Crippen molar-refractivity contribution in [1.82, 2.24) is 14.7 Å². The summed E-state index contributed by atoms with van der Waals surface area (Å²) in [5.41, 5.74) is 0.458. The number of carbonyl (C=O) groups excluding carboxylic acids is 5. The lowest BCUT2D eigenvalue weighted by Gasteiger charge is -2.42. The molecule has 0 spiro atoms. The third kappa shape index (κ3) is 10.0. The molecule has 12 heteroatoms. The van der Waals surface area contributed by atoms with Gasteiger partial charge in [0.1, 0.15) is 5.75 Å². The van der Waals surface area contributed by atoms with Gasteiger partial charge in [0, 0.05) is 50.1 Å². The molecule has 1 aromatic carbocycles. The number of piperazine rings is 1. The Morgan fingerprint density at radius 3 is 2.22 bits per heavy atom. The lowest BCUT2D eigenvalue weighted by atomic mass is 10.0. The summed E-state index contributed by atoms with van der Waals surface area (Å²) in [5, 5.41) is 0. The van der Waals surface area contributed by atoms with Crippen molar-refractivity contribution in [2.24, 2.45) is 5.92 Å². The van der Waals surface area contributed by atoms with E-state index in [-0.39, 0.29) is 75.2 Å². The number of ketones is 1. The lowest BCUT2D eigenvalue weighted by molar-refractivity contribution is -0.146. The number of hydrogen-bond acceptors (Lipinski definition) is 10. The molecule has 3 rings (SSSR count). The van der Waals surface area contributed by atoms with Crippen LogP contribution >= 0.6 is 0 Å². The van der Waals surface area contributed by atoms with Crippen molar-refractivity contribution in [2.45, 2.75) is 46.1 Å². The van der Waals surface area contributed by atoms with Crippen LogP contribution in [0.2, 0.25) is 0 Å². The van der Waals surface area contributed by atoms with Crippen LogP contribution in [0.3, 0.4) is 0 Å². The van der Waals surface area contributed by atoms with Gasteiger partial charge in [0.15, 0.2) is 12.4 Å². The lowest BCUT2D eigenvalue weighted by Crippen LogP contribution is -2.56. The average Bonchev–Trinajstić information content (AvgIpc) is 2.99. The van der Waals surface area contributed by atoms with Crippen molar-refractivity contribution < 1.29 is 42.9 Å². The first kappa shape index (κ1) is 31.9. The maximum Gasteiger partial charge on any atom is 0.409 e. The molecule has 2 heterocycles. The Labute approximate surface area is 240 Å². The SMILES string of the molecule is CCOC(=O)COc1ccc(C(=O)CN2CCN(C3CCN(C(=O)OCC(C)COC(=O)CC)CC3)CC2=O)cc1. The predicted octanol–water partition coefficient (Wildman–Crippen LogP) is 2.15. The Hall–Kier alpha value is -3.67. The second-order valence-corrected chi connectivity index (χ2v) is 10.3. The number of carbonyl (C=O) groups is 5. The Balaban J connectivity index is 1.37. The zero-order valence-electron chi connectivity index (χ0n) is 24.2. The summed E-state index contributed by atoms with van der Waals surface area (Å²) in [6.07, 6.45) is 1.40. The van der Waals surface area contributed by atoms with Gasteiger partial charge in [-0.1, -0.05) is 13.8 Å². The molecule has 0 radical (unpaired) electrons. The standard InChI is InChI=1S/C29H41N3O9/c1-4-27(35)40-18-21(3)19-41-29(37)30-12-10-23(11-13-30)31-14-15-32(26(34)17-31)16-25(33)22-6-8-24(9-7-22)39-20-28(36)38-5-2/h6-9,21,23H,4-5,10-20H2,1-3H3. The summed E-state index contributed by atoms with van der Waals surface area (Å²) in [4.78, 5) is 66.2. The molecule has 2 aliphatic heterocycles. The predicted molar refractivity (Wildman–Crippen MR) is 147 cm³/mol. The van der Waals surface area contributed by atoms with E-state index in [1.54, 1.807) is 47.9 Å². The van der Waals surface area contributed by atoms with Crippen molar-refractivity contribution in [1.29, 1.82) is 0 Å². The first-order valence-corrected chi connectivity index (χ1v) is 14.2.